The summed E-state index contributed by atoms with van der Waals surface area (Å²) >= 11 is 0. The van der Waals surface area contributed by atoms with Crippen LogP contribution in [0.1, 0.15) is 12.8 Å². The number of carboxylic acid groups (broad SMARTS) is 1. The number of carboxylic acids is 1. The van der Waals surface area contributed by atoms with Gasteiger partial charge >= 0.3 is 5.97 Å². The van der Waals surface area contributed by atoms with Crippen LogP contribution in [0.25, 0.3) is 0 Å². The number of rotatable bonds is 5. The van der Waals surface area contributed by atoms with Gasteiger partial charge in [0.1, 0.15) is 6.04 Å². The molecule has 6 N–H and O–H groups in total. The molecule has 0 rings (SSSR count). The Bertz CT molecular complexity index is 129. The second-order valence-electron chi connectivity index (χ2n) is 2.41. The fourth-order valence-electron chi connectivity index (χ4n) is 0.613. The third-order valence-corrected chi connectivity index (χ3v) is 1.40. The lowest BCUT2D eigenvalue weighted by atomic mass is 10.1. The van der Waals surface area contributed by atoms with Crippen LogP contribution in [0.5, 0.6) is 0 Å². The van der Waals surface area contributed by atoms with Crippen molar-refractivity contribution in [3.63, 3.8) is 0 Å². The Hall–Kier alpha value is -0.650. The van der Waals surface area contributed by atoms with Crippen molar-refractivity contribution >= 4 is 5.97 Å². The predicted octanol–water partition coefficient (Wildman–Crippen LogP) is -1.50. The summed E-state index contributed by atoms with van der Waals surface area (Å²) in [7, 11) is 0. The van der Waals surface area contributed by atoms with E-state index in [1.807, 2.05) is 0 Å². The van der Waals surface area contributed by atoms with E-state index in [9.17, 15) is 4.79 Å². The number of carbonyl (C=O) groups is 1. The summed E-state index contributed by atoms with van der Waals surface area (Å²) in [5, 5.41) is 17.2. The molecule has 66 valence electrons. The van der Waals surface area contributed by atoms with Crippen molar-refractivity contribution in [3.05, 3.63) is 0 Å². The van der Waals surface area contributed by atoms with Gasteiger partial charge in [-0.25, -0.2) is 0 Å². The van der Waals surface area contributed by atoms with Crippen molar-refractivity contribution < 1.29 is 15.0 Å². The van der Waals surface area contributed by atoms with Gasteiger partial charge in [-0.1, -0.05) is 0 Å². The van der Waals surface area contributed by atoms with Crippen molar-refractivity contribution in [1.82, 2.24) is 0 Å². The molecule has 2 atom stereocenters. The Morgan fingerprint density at radius 3 is 2.36 bits per heavy atom. The Kier molecular flexibility index (Phi) is 4.76. The van der Waals surface area contributed by atoms with Gasteiger partial charge in [-0.15, -0.1) is 0 Å². The molecule has 0 aromatic carbocycles. The standard InChI is InChI=1S/C6H14N2O3/c7-3-4(9)1-2-5(8)6(10)11/h4-5,9H,1-3,7-8H2,(H,10,11)/t4-,5?/m1/s1. The molecule has 0 amide bonds. The zero-order valence-corrected chi connectivity index (χ0v) is 6.23. The maximum absolute atomic E-state index is 10.2. The molecule has 5 heteroatoms. The molecule has 0 aliphatic carbocycles. The molecule has 0 fully saturated rings. The normalized spacial score (nSPS) is 15.9. The van der Waals surface area contributed by atoms with E-state index in [0.717, 1.165) is 0 Å². The van der Waals surface area contributed by atoms with Crippen LogP contribution in [-0.4, -0.2) is 34.9 Å². The summed E-state index contributed by atoms with van der Waals surface area (Å²) < 4.78 is 0. The highest BCUT2D eigenvalue weighted by Crippen LogP contribution is 1.98. The smallest absolute Gasteiger partial charge is 0.320 e. The second kappa shape index (κ2) is 5.06. The minimum absolute atomic E-state index is 0.145. The van der Waals surface area contributed by atoms with Crippen LogP contribution in [0.15, 0.2) is 0 Å². The first-order valence-electron chi connectivity index (χ1n) is 3.44. The van der Waals surface area contributed by atoms with Gasteiger partial charge in [0.05, 0.1) is 6.10 Å². The monoisotopic (exact) mass is 162 g/mol. The summed E-state index contributed by atoms with van der Waals surface area (Å²) in [6.45, 7) is 0.145. The van der Waals surface area contributed by atoms with Crippen molar-refractivity contribution in [2.75, 3.05) is 6.54 Å². The van der Waals surface area contributed by atoms with Crippen LogP contribution in [0.3, 0.4) is 0 Å². The zero-order valence-electron chi connectivity index (χ0n) is 6.23. The third kappa shape index (κ3) is 4.72. The Morgan fingerprint density at radius 2 is 2.00 bits per heavy atom. The molecule has 11 heavy (non-hydrogen) atoms. The van der Waals surface area contributed by atoms with E-state index in [-0.39, 0.29) is 13.0 Å². The molecule has 0 aliphatic rings. The van der Waals surface area contributed by atoms with E-state index in [4.69, 9.17) is 21.7 Å². The third-order valence-electron chi connectivity index (χ3n) is 1.40. The molecule has 0 radical (unpaired) electrons. The lowest BCUT2D eigenvalue weighted by Crippen LogP contribution is -2.32. The van der Waals surface area contributed by atoms with Crippen molar-refractivity contribution in [3.8, 4) is 0 Å². The number of nitrogens with two attached hydrogens (primary N) is 2. The van der Waals surface area contributed by atoms with E-state index in [1.54, 1.807) is 0 Å². The quantitative estimate of drug-likeness (QED) is 0.393. The van der Waals surface area contributed by atoms with Crippen molar-refractivity contribution in [2.24, 2.45) is 11.5 Å². The van der Waals surface area contributed by atoms with Crippen LogP contribution >= 0.6 is 0 Å². The summed E-state index contributed by atoms with van der Waals surface area (Å²) in [5.74, 6) is -1.05. The van der Waals surface area contributed by atoms with Gasteiger partial charge in [-0.2, -0.15) is 0 Å². The lowest BCUT2D eigenvalue weighted by molar-refractivity contribution is -0.138. The first-order valence-corrected chi connectivity index (χ1v) is 3.44. The van der Waals surface area contributed by atoms with Gasteiger partial charge in [-0.05, 0) is 12.8 Å². The number of aliphatic hydroxyl groups is 1. The van der Waals surface area contributed by atoms with E-state index < -0.39 is 18.1 Å². The molecule has 0 heterocycles. The van der Waals surface area contributed by atoms with Gasteiger partial charge in [0.25, 0.3) is 0 Å². The maximum Gasteiger partial charge on any atom is 0.320 e. The van der Waals surface area contributed by atoms with Gasteiger partial charge in [-0.3, -0.25) is 4.79 Å². The van der Waals surface area contributed by atoms with Crippen LogP contribution < -0.4 is 11.5 Å². The molecule has 0 saturated carbocycles. The fraction of sp³-hybridized carbons (Fsp3) is 0.833. The highest BCUT2D eigenvalue weighted by atomic mass is 16.4. The lowest BCUT2D eigenvalue weighted by Gasteiger charge is -2.09. The molecule has 0 aromatic rings. The molecule has 5 nitrogen and oxygen atoms in total. The summed E-state index contributed by atoms with van der Waals surface area (Å²) in [6.07, 6.45) is -0.0436. The molecule has 0 bridgehead atoms. The SMILES string of the molecule is NC[C@H](O)CCC(N)C(=O)O. The van der Waals surface area contributed by atoms with Gasteiger partial charge in [0.15, 0.2) is 0 Å². The van der Waals surface area contributed by atoms with Gasteiger partial charge in [0, 0.05) is 6.54 Å². The molecule has 1 unspecified atom stereocenters. The highest BCUT2D eigenvalue weighted by Gasteiger charge is 2.12. The maximum atomic E-state index is 10.2. The largest absolute Gasteiger partial charge is 0.480 e. The van der Waals surface area contributed by atoms with Crippen LogP contribution in [-0.2, 0) is 4.79 Å². The number of aliphatic carboxylic acids is 1. The van der Waals surface area contributed by atoms with E-state index in [2.05, 4.69) is 0 Å². The predicted molar refractivity (Wildman–Crippen MR) is 39.9 cm³/mol. The van der Waals surface area contributed by atoms with Gasteiger partial charge < -0.3 is 21.7 Å². The average Bonchev–Trinajstić information content (AvgIpc) is 1.99. The molecular weight excluding hydrogens is 148 g/mol. The Balaban J connectivity index is 3.45. The number of hydrogen-bond acceptors (Lipinski definition) is 4. The molecular formula is C6H14N2O3. The highest BCUT2D eigenvalue weighted by molar-refractivity contribution is 5.72. The molecule has 0 aliphatic heterocycles. The molecule has 0 aromatic heterocycles. The van der Waals surface area contributed by atoms with Crippen LogP contribution in [0, 0.1) is 0 Å². The Morgan fingerprint density at radius 1 is 1.45 bits per heavy atom. The van der Waals surface area contributed by atoms with E-state index in [0.29, 0.717) is 6.42 Å². The summed E-state index contributed by atoms with van der Waals surface area (Å²) in [5.41, 5.74) is 10.3. The minimum Gasteiger partial charge on any atom is -0.480 e. The van der Waals surface area contributed by atoms with Crippen LogP contribution in [0.4, 0.5) is 0 Å². The first-order chi connectivity index (χ1) is 5.07. The van der Waals surface area contributed by atoms with E-state index >= 15 is 0 Å². The number of aliphatic hydroxyl groups excluding tert-OH is 1. The topological polar surface area (TPSA) is 110 Å². The first kappa shape index (κ1) is 10.3. The average molecular weight is 162 g/mol. The minimum atomic E-state index is -1.05. The van der Waals surface area contributed by atoms with Crippen LogP contribution in [0.2, 0.25) is 0 Å². The fourth-order valence-corrected chi connectivity index (χ4v) is 0.613. The van der Waals surface area contributed by atoms with Gasteiger partial charge in [0.2, 0.25) is 0 Å². The molecule has 0 saturated heterocycles. The zero-order chi connectivity index (χ0) is 8.85. The van der Waals surface area contributed by atoms with Crippen molar-refractivity contribution in [2.45, 2.75) is 25.0 Å². The van der Waals surface area contributed by atoms with E-state index in [1.165, 1.54) is 0 Å². The molecule has 0 spiro atoms. The summed E-state index contributed by atoms with van der Waals surface area (Å²) in [4.78, 5) is 10.2. The second-order valence-corrected chi connectivity index (χ2v) is 2.41. The van der Waals surface area contributed by atoms with Crippen molar-refractivity contribution in [1.29, 1.82) is 0 Å². The Labute approximate surface area is 65.0 Å². The summed E-state index contributed by atoms with van der Waals surface area (Å²) in [6, 6.07) is -0.892. The number of hydrogen-bond donors (Lipinski definition) is 4.